The summed E-state index contributed by atoms with van der Waals surface area (Å²) in [6.45, 7) is 22.9. The summed E-state index contributed by atoms with van der Waals surface area (Å²) in [7, 11) is 0. The molecule has 0 spiro atoms. The lowest BCUT2D eigenvalue weighted by atomic mass is 9.99. The van der Waals surface area contributed by atoms with Gasteiger partial charge in [0.15, 0.2) is 0 Å². The van der Waals surface area contributed by atoms with Crippen LogP contribution in [-0.4, -0.2) is 0 Å². The van der Waals surface area contributed by atoms with Gasteiger partial charge >= 0.3 is 0 Å². The van der Waals surface area contributed by atoms with Crippen molar-refractivity contribution in [3.8, 4) is 0 Å². The molecule has 0 nitrogen and oxygen atoms in total. The van der Waals surface area contributed by atoms with Gasteiger partial charge in [-0.3, -0.25) is 0 Å². The Balaban J connectivity index is 0.000000889. The lowest BCUT2D eigenvalue weighted by Gasteiger charge is -2.07. The van der Waals surface area contributed by atoms with Gasteiger partial charge in [0.05, 0.1) is 0 Å². The predicted molar refractivity (Wildman–Crippen MR) is 149 cm³/mol. The van der Waals surface area contributed by atoms with Gasteiger partial charge in [0.1, 0.15) is 0 Å². The molecule has 0 saturated carbocycles. The van der Waals surface area contributed by atoms with Crippen LogP contribution in [0.3, 0.4) is 0 Å². The lowest BCUT2D eigenvalue weighted by molar-refractivity contribution is 1.01. The highest BCUT2D eigenvalue weighted by atomic mass is 14.0. The summed E-state index contributed by atoms with van der Waals surface area (Å²) in [6.07, 6.45) is 11.7. The highest BCUT2D eigenvalue weighted by Gasteiger charge is 1.99. The molecule has 0 saturated heterocycles. The van der Waals surface area contributed by atoms with E-state index in [1.165, 1.54) is 22.3 Å². The van der Waals surface area contributed by atoms with Crippen molar-refractivity contribution < 1.29 is 0 Å². The number of hydrogen-bond donors (Lipinski definition) is 0. The van der Waals surface area contributed by atoms with Crippen LogP contribution in [0, 0.1) is 6.92 Å². The van der Waals surface area contributed by atoms with E-state index in [1.54, 1.807) is 0 Å². The normalized spacial score (nSPS) is 11.5. The van der Waals surface area contributed by atoms with Crippen LogP contribution in [-0.2, 0) is 0 Å². The molecule has 0 heteroatoms. The predicted octanol–water partition coefficient (Wildman–Crippen LogP) is 10.4. The average Bonchev–Trinajstić information content (AvgIpc) is 2.85. The van der Waals surface area contributed by atoms with Crippen LogP contribution in [0.5, 0.6) is 0 Å². The minimum atomic E-state index is 1.03. The second-order valence-corrected chi connectivity index (χ2v) is 7.42. The lowest BCUT2D eigenvalue weighted by Crippen LogP contribution is -1.86. The number of benzene rings is 2. The maximum atomic E-state index is 4.19. The fraction of sp³-hybridized carbons (Fsp3) is 0.312. The third-order valence-electron chi connectivity index (χ3n) is 5.18. The minimum absolute atomic E-state index is 1.03. The topological polar surface area (TPSA) is 0 Å². The maximum Gasteiger partial charge on any atom is -0.0190 e. The van der Waals surface area contributed by atoms with Crippen molar-refractivity contribution in [3.63, 3.8) is 0 Å². The van der Waals surface area contributed by atoms with Crippen LogP contribution in [0.2, 0.25) is 0 Å². The molecule has 0 amide bonds. The van der Waals surface area contributed by atoms with E-state index in [0.717, 1.165) is 36.0 Å². The highest BCUT2D eigenvalue weighted by molar-refractivity contribution is 5.73. The first-order chi connectivity index (χ1) is 15.4. The van der Waals surface area contributed by atoms with Gasteiger partial charge in [-0.1, -0.05) is 138 Å². The Bertz CT molecular complexity index is 871. The summed E-state index contributed by atoms with van der Waals surface area (Å²) in [4.78, 5) is 0. The van der Waals surface area contributed by atoms with Crippen LogP contribution in [0.15, 0.2) is 103 Å². The Morgan fingerprint density at radius 3 is 1.81 bits per heavy atom. The zero-order valence-corrected chi connectivity index (χ0v) is 21.5. The molecule has 0 atom stereocenters. The van der Waals surface area contributed by atoms with Crippen LogP contribution < -0.4 is 0 Å². The van der Waals surface area contributed by atoms with Crippen molar-refractivity contribution in [1.82, 2.24) is 0 Å². The van der Waals surface area contributed by atoms with Crippen molar-refractivity contribution in [3.05, 3.63) is 119 Å². The standard InChI is InChI=1S/C23H30.C7H8.C2H6/c1-7-18(5)22(10-4)17-21(9-3)12-11-19(6)23-15-13-20(8-2)14-16-23;1-7-5-3-2-4-6-7;1-2/h8,11-17H,2,6-7,9-10H2,1,3-5H3;2-6H,1H3;1-2H3/b12-11+,21-17+,22-18+;;. The smallest absolute Gasteiger partial charge is 0.0190 e. The minimum Gasteiger partial charge on any atom is -0.0985 e. The molecular formula is C32H44. The largest absolute Gasteiger partial charge is 0.0985 e. The molecule has 0 N–H and O–H groups in total. The molecule has 2 aromatic carbocycles. The molecule has 0 fully saturated rings. The fourth-order valence-electron chi connectivity index (χ4n) is 2.92. The van der Waals surface area contributed by atoms with E-state index >= 15 is 0 Å². The van der Waals surface area contributed by atoms with E-state index in [4.69, 9.17) is 0 Å². The number of hydrogen-bond acceptors (Lipinski definition) is 0. The average molecular weight is 429 g/mol. The number of aryl methyl sites for hydroxylation is 1. The first kappa shape index (κ1) is 29.1. The van der Waals surface area contributed by atoms with Gasteiger partial charge < -0.3 is 0 Å². The van der Waals surface area contributed by atoms with E-state index < -0.39 is 0 Å². The Labute approximate surface area is 198 Å². The molecule has 0 unspecified atom stereocenters. The summed E-state index contributed by atoms with van der Waals surface area (Å²) in [5.41, 5.74) is 8.92. The number of allylic oxidation sites excluding steroid dienone is 7. The molecule has 0 aromatic heterocycles. The van der Waals surface area contributed by atoms with Gasteiger partial charge in [0, 0.05) is 0 Å². The van der Waals surface area contributed by atoms with E-state index in [2.05, 4.69) is 102 Å². The molecular weight excluding hydrogens is 384 g/mol. The van der Waals surface area contributed by atoms with Gasteiger partial charge in [0.25, 0.3) is 0 Å². The van der Waals surface area contributed by atoms with E-state index in [9.17, 15) is 0 Å². The molecule has 2 rings (SSSR count). The second kappa shape index (κ2) is 17.8. The first-order valence-corrected chi connectivity index (χ1v) is 12.0. The summed E-state index contributed by atoms with van der Waals surface area (Å²) >= 11 is 0. The van der Waals surface area contributed by atoms with Crippen molar-refractivity contribution >= 4 is 11.6 Å². The van der Waals surface area contributed by atoms with Crippen molar-refractivity contribution in [2.75, 3.05) is 0 Å². The van der Waals surface area contributed by atoms with Crippen LogP contribution in [0.1, 0.15) is 77.5 Å². The van der Waals surface area contributed by atoms with Gasteiger partial charge in [-0.2, -0.15) is 0 Å². The van der Waals surface area contributed by atoms with E-state index in [-0.39, 0.29) is 0 Å². The van der Waals surface area contributed by atoms with Crippen LogP contribution in [0.25, 0.3) is 11.6 Å². The Morgan fingerprint density at radius 1 is 0.812 bits per heavy atom. The van der Waals surface area contributed by atoms with Gasteiger partial charge in [-0.05, 0) is 61.0 Å². The van der Waals surface area contributed by atoms with E-state index in [1.807, 2.05) is 38.1 Å². The maximum absolute atomic E-state index is 4.19. The number of rotatable bonds is 8. The molecule has 0 heterocycles. The van der Waals surface area contributed by atoms with Crippen molar-refractivity contribution in [2.45, 2.75) is 67.7 Å². The summed E-state index contributed by atoms with van der Waals surface area (Å²) in [6, 6.07) is 18.6. The van der Waals surface area contributed by atoms with Crippen molar-refractivity contribution in [1.29, 1.82) is 0 Å². The zero-order chi connectivity index (χ0) is 24.4. The molecule has 0 aliphatic carbocycles. The third kappa shape index (κ3) is 11.5. The highest BCUT2D eigenvalue weighted by Crippen LogP contribution is 2.20. The van der Waals surface area contributed by atoms with E-state index in [0.29, 0.717) is 0 Å². The van der Waals surface area contributed by atoms with Crippen LogP contribution >= 0.6 is 0 Å². The SMILES string of the molecule is C=Cc1ccc(C(=C)/C=C/C(=C/C(CC)=C(\C)CC)CC)cc1.CC.Cc1ccccc1. The van der Waals surface area contributed by atoms with Gasteiger partial charge in [0.2, 0.25) is 0 Å². The molecule has 32 heavy (non-hydrogen) atoms. The third-order valence-corrected chi connectivity index (χ3v) is 5.18. The molecule has 172 valence electrons. The first-order valence-electron chi connectivity index (χ1n) is 12.0. The molecule has 2 aromatic rings. The molecule has 0 radical (unpaired) electrons. The Hall–Kier alpha value is -2.86. The Morgan fingerprint density at radius 2 is 1.41 bits per heavy atom. The second-order valence-electron chi connectivity index (χ2n) is 7.42. The van der Waals surface area contributed by atoms with Crippen molar-refractivity contribution in [2.24, 2.45) is 0 Å². The molecule has 0 aliphatic heterocycles. The Kier molecular flexibility index (Phi) is 16.2. The summed E-state index contributed by atoms with van der Waals surface area (Å²) in [5, 5.41) is 0. The molecule has 0 bridgehead atoms. The summed E-state index contributed by atoms with van der Waals surface area (Å²) < 4.78 is 0. The fourth-order valence-corrected chi connectivity index (χ4v) is 2.92. The van der Waals surface area contributed by atoms with Gasteiger partial charge in [-0.25, -0.2) is 0 Å². The van der Waals surface area contributed by atoms with Crippen LogP contribution in [0.4, 0.5) is 0 Å². The summed E-state index contributed by atoms with van der Waals surface area (Å²) in [5.74, 6) is 0. The quantitative estimate of drug-likeness (QED) is 0.367. The molecule has 0 aliphatic rings. The zero-order valence-electron chi connectivity index (χ0n) is 21.5. The monoisotopic (exact) mass is 428 g/mol. The van der Waals surface area contributed by atoms with Gasteiger partial charge in [-0.15, -0.1) is 0 Å².